The van der Waals surface area contributed by atoms with E-state index >= 15 is 0 Å². The topological polar surface area (TPSA) is 90.7 Å². The summed E-state index contributed by atoms with van der Waals surface area (Å²) in [6.07, 6.45) is 2.91. The summed E-state index contributed by atoms with van der Waals surface area (Å²) in [4.78, 5) is 20.6. The lowest BCUT2D eigenvalue weighted by molar-refractivity contribution is 0.102. The molecular formula is C20H17N5O. The van der Waals surface area contributed by atoms with Crippen molar-refractivity contribution in [1.29, 1.82) is 5.26 Å². The van der Waals surface area contributed by atoms with Gasteiger partial charge in [0.1, 0.15) is 6.07 Å². The molecule has 0 aliphatic heterocycles. The molecule has 1 heterocycles. The van der Waals surface area contributed by atoms with Gasteiger partial charge in [0.2, 0.25) is 5.95 Å². The van der Waals surface area contributed by atoms with Crippen LogP contribution in [-0.4, -0.2) is 15.9 Å². The van der Waals surface area contributed by atoms with Gasteiger partial charge in [0, 0.05) is 18.9 Å². The summed E-state index contributed by atoms with van der Waals surface area (Å²) in [5, 5.41) is 14.9. The summed E-state index contributed by atoms with van der Waals surface area (Å²) >= 11 is 0. The summed E-state index contributed by atoms with van der Waals surface area (Å²) in [5.41, 5.74) is 3.50. The Labute approximate surface area is 151 Å². The molecule has 26 heavy (non-hydrogen) atoms. The van der Waals surface area contributed by atoms with Crippen LogP contribution in [0.1, 0.15) is 27.0 Å². The molecule has 0 fully saturated rings. The van der Waals surface area contributed by atoms with Gasteiger partial charge in [0.25, 0.3) is 5.91 Å². The Kier molecular flexibility index (Phi) is 5.20. The third-order valence-electron chi connectivity index (χ3n) is 3.74. The number of rotatable bonds is 5. The molecule has 3 rings (SSSR count). The van der Waals surface area contributed by atoms with Gasteiger partial charge in [0.15, 0.2) is 0 Å². The van der Waals surface area contributed by atoms with Crippen molar-refractivity contribution in [2.24, 2.45) is 0 Å². The van der Waals surface area contributed by atoms with Crippen molar-refractivity contribution in [3.8, 4) is 6.07 Å². The van der Waals surface area contributed by atoms with E-state index in [0.29, 0.717) is 29.3 Å². The third kappa shape index (κ3) is 4.22. The molecule has 0 unspecified atom stereocenters. The Balaban J connectivity index is 1.63. The summed E-state index contributed by atoms with van der Waals surface area (Å²) in [6.45, 7) is 2.64. The zero-order chi connectivity index (χ0) is 18.4. The van der Waals surface area contributed by atoms with Gasteiger partial charge in [-0.15, -0.1) is 0 Å². The highest BCUT2D eigenvalue weighted by molar-refractivity contribution is 6.04. The van der Waals surface area contributed by atoms with E-state index < -0.39 is 0 Å². The van der Waals surface area contributed by atoms with E-state index in [2.05, 4.69) is 26.7 Å². The number of nitrogens with zero attached hydrogens (tertiary/aromatic N) is 3. The number of aryl methyl sites for hydroxylation is 1. The van der Waals surface area contributed by atoms with Crippen LogP contribution in [0.3, 0.4) is 0 Å². The Morgan fingerprint density at radius 2 is 1.88 bits per heavy atom. The lowest BCUT2D eigenvalue weighted by Crippen LogP contribution is -2.14. The molecule has 6 nitrogen and oxygen atoms in total. The predicted octanol–water partition coefficient (Wildman–Crippen LogP) is 3.52. The standard InChI is InChI=1S/C20H17N5O/c1-14-5-4-6-15(9-14)11-22-20-23-12-17(13-24-20)19(26)25-18-8-3-2-7-16(18)10-21/h2-9,12-13H,11H2,1H3,(H,25,26)(H,22,23,24). The molecule has 1 amide bonds. The van der Waals surface area contributed by atoms with Gasteiger partial charge in [-0.3, -0.25) is 4.79 Å². The number of hydrogen-bond donors (Lipinski definition) is 2. The summed E-state index contributed by atoms with van der Waals surface area (Å²) < 4.78 is 0. The Hall–Kier alpha value is -3.72. The number of carbonyl (C=O) groups excluding carboxylic acids is 1. The summed E-state index contributed by atoms with van der Waals surface area (Å²) in [5.74, 6) is 0.0819. The Bertz CT molecular complexity index is 960. The number of hydrogen-bond acceptors (Lipinski definition) is 5. The number of amides is 1. The second-order valence-electron chi connectivity index (χ2n) is 5.75. The first-order valence-electron chi connectivity index (χ1n) is 8.07. The fourth-order valence-electron chi connectivity index (χ4n) is 2.42. The number of nitrogens with one attached hydrogen (secondary N) is 2. The van der Waals surface area contributed by atoms with Crippen LogP contribution in [0.15, 0.2) is 60.9 Å². The van der Waals surface area contributed by atoms with Crippen LogP contribution in [-0.2, 0) is 6.54 Å². The van der Waals surface area contributed by atoms with Crippen molar-refractivity contribution in [2.45, 2.75) is 13.5 Å². The molecule has 0 aliphatic rings. The molecule has 128 valence electrons. The van der Waals surface area contributed by atoms with Crippen LogP contribution in [0.2, 0.25) is 0 Å². The van der Waals surface area contributed by atoms with Crippen LogP contribution in [0.4, 0.5) is 11.6 Å². The van der Waals surface area contributed by atoms with Crippen LogP contribution in [0, 0.1) is 18.3 Å². The van der Waals surface area contributed by atoms with Crippen molar-refractivity contribution >= 4 is 17.5 Å². The summed E-state index contributed by atoms with van der Waals surface area (Å²) in [7, 11) is 0. The van der Waals surface area contributed by atoms with E-state index in [9.17, 15) is 4.79 Å². The molecule has 6 heteroatoms. The highest BCUT2D eigenvalue weighted by atomic mass is 16.1. The number of carbonyl (C=O) groups is 1. The Morgan fingerprint density at radius 1 is 1.12 bits per heavy atom. The number of anilines is 2. The molecule has 0 aliphatic carbocycles. The quantitative estimate of drug-likeness (QED) is 0.739. The molecule has 2 N–H and O–H groups in total. The maximum absolute atomic E-state index is 12.3. The molecule has 0 atom stereocenters. The van der Waals surface area contributed by atoms with E-state index in [4.69, 9.17) is 5.26 Å². The van der Waals surface area contributed by atoms with Crippen molar-refractivity contribution in [2.75, 3.05) is 10.6 Å². The fraction of sp³-hybridized carbons (Fsp3) is 0.100. The lowest BCUT2D eigenvalue weighted by Gasteiger charge is -2.08. The highest BCUT2D eigenvalue weighted by Crippen LogP contribution is 2.15. The van der Waals surface area contributed by atoms with E-state index in [1.54, 1.807) is 24.3 Å². The minimum atomic E-state index is -0.363. The molecule has 0 bridgehead atoms. The minimum absolute atomic E-state index is 0.318. The molecule has 2 aromatic carbocycles. The number of benzene rings is 2. The monoisotopic (exact) mass is 343 g/mol. The van der Waals surface area contributed by atoms with Crippen molar-refractivity contribution < 1.29 is 4.79 Å². The SMILES string of the molecule is Cc1cccc(CNc2ncc(C(=O)Nc3ccccc3C#N)cn2)c1. The first-order chi connectivity index (χ1) is 12.7. The molecule has 0 saturated carbocycles. The first-order valence-corrected chi connectivity index (χ1v) is 8.07. The molecule has 1 aromatic heterocycles. The second-order valence-corrected chi connectivity index (χ2v) is 5.75. The zero-order valence-corrected chi connectivity index (χ0v) is 14.2. The predicted molar refractivity (Wildman–Crippen MR) is 99.6 cm³/mol. The van der Waals surface area contributed by atoms with Crippen LogP contribution in [0.5, 0.6) is 0 Å². The van der Waals surface area contributed by atoms with Crippen LogP contribution < -0.4 is 10.6 Å². The normalized spacial score (nSPS) is 10.0. The maximum atomic E-state index is 12.3. The average Bonchev–Trinajstić information content (AvgIpc) is 2.67. The van der Waals surface area contributed by atoms with E-state index in [1.165, 1.54) is 18.0 Å². The molecule has 3 aromatic rings. The van der Waals surface area contributed by atoms with Crippen LogP contribution in [0.25, 0.3) is 0 Å². The number of nitriles is 1. The van der Waals surface area contributed by atoms with E-state index in [1.807, 2.05) is 31.2 Å². The number of aromatic nitrogens is 2. The van der Waals surface area contributed by atoms with Gasteiger partial charge in [-0.25, -0.2) is 9.97 Å². The minimum Gasteiger partial charge on any atom is -0.350 e. The highest BCUT2D eigenvalue weighted by Gasteiger charge is 2.10. The van der Waals surface area contributed by atoms with Gasteiger partial charge >= 0.3 is 0 Å². The molecular weight excluding hydrogens is 326 g/mol. The van der Waals surface area contributed by atoms with Gasteiger partial charge < -0.3 is 10.6 Å². The maximum Gasteiger partial charge on any atom is 0.258 e. The van der Waals surface area contributed by atoms with E-state index in [-0.39, 0.29) is 5.91 Å². The molecule has 0 saturated heterocycles. The Morgan fingerprint density at radius 3 is 2.62 bits per heavy atom. The zero-order valence-electron chi connectivity index (χ0n) is 14.2. The van der Waals surface area contributed by atoms with Gasteiger partial charge in [-0.1, -0.05) is 42.0 Å². The summed E-state index contributed by atoms with van der Waals surface area (Å²) in [6, 6.07) is 17.0. The van der Waals surface area contributed by atoms with Crippen molar-refractivity contribution in [3.63, 3.8) is 0 Å². The second kappa shape index (κ2) is 7.90. The number of para-hydroxylation sites is 1. The molecule has 0 radical (unpaired) electrons. The smallest absolute Gasteiger partial charge is 0.258 e. The van der Waals surface area contributed by atoms with Crippen molar-refractivity contribution in [1.82, 2.24) is 9.97 Å². The fourth-order valence-corrected chi connectivity index (χ4v) is 2.42. The lowest BCUT2D eigenvalue weighted by atomic mass is 10.1. The first kappa shape index (κ1) is 17.1. The van der Waals surface area contributed by atoms with E-state index in [0.717, 1.165) is 5.56 Å². The van der Waals surface area contributed by atoms with Crippen molar-refractivity contribution in [3.05, 3.63) is 83.2 Å². The largest absolute Gasteiger partial charge is 0.350 e. The van der Waals surface area contributed by atoms with Gasteiger partial charge in [-0.2, -0.15) is 5.26 Å². The van der Waals surface area contributed by atoms with Gasteiger partial charge in [-0.05, 0) is 24.6 Å². The van der Waals surface area contributed by atoms with Crippen LogP contribution >= 0.6 is 0 Å². The average molecular weight is 343 g/mol. The molecule has 0 spiro atoms. The van der Waals surface area contributed by atoms with Gasteiger partial charge in [0.05, 0.1) is 16.8 Å². The third-order valence-corrected chi connectivity index (χ3v) is 3.74.